The molecule has 6 heteroatoms. The van der Waals surface area contributed by atoms with Gasteiger partial charge in [-0.05, 0) is 18.6 Å². The number of fused-ring (bicyclic) bond motifs is 2. The summed E-state index contributed by atoms with van der Waals surface area (Å²) in [7, 11) is 0. The van der Waals surface area contributed by atoms with Gasteiger partial charge in [-0.1, -0.05) is 43.6 Å². The van der Waals surface area contributed by atoms with Crippen LogP contribution in [0.15, 0.2) is 29.1 Å². The average molecular weight is 383 g/mol. The molecule has 27 heavy (non-hydrogen) atoms. The summed E-state index contributed by atoms with van der Waals surface area (Å²) in [5.41, 5.74) is 4.72. The number of benzene rings is 1. The lowest BCUT2D eigenvalue weighted by atomic mass is 10.0. The summed E-state index contributed by atoms with van der Waals surface area (Å²) < 4.78 is 0. The number of nitrogens with one attached hydrogen (secondary N) is 1. The molecule has 1 aliphatic heterocycles. The van der Waals surface area contributed by atoms with Gasteiger partial charge >= 0.3 is 0 Å². The second-order valence-corrected chi connectivity index (χ2v) is 7.93. The molecule has 2 aromatic heterocycles. The van der Waals surface area contributed by atoms with E-state index >= 15 is 0 Å². The standard InChI is InChI=1S/C21H23ClN4O/c1-12(2)20-23-17-7-8-26(11-16(17)21(27)25-20)10-15-9-14-6-4-5-13(3)18(14)24-19(15)22/h4-6,9,12H,7-8,10-11H2,1-3H3,(H,23,25,27). The van der Waals surface area contributed by atoms with Crippen molar-refractivity contribution in [2.75, 3.05) is 6.54 Å². The first-order valence-electron chi connectivity index (χ1n) is 9.31. The Balaban J connectivity index is 1.61. The summed E-state index contributed by atoms with van der Waals surface area (Å²) in [4.78, 5) is 26.9. The summed E-state index contributed by atoms with van der Waals surface area (Å²) in [6, 6.07) is 8.24. The highest BCUT2D eigenvalue weighted by Crippen LogP contribution is 2.25. The van der Waals surface area contributed by atoms with E-state index in [1.165, 1.54) is 0 Å². The van der Waals surface area contributed by atoms with Crippen LogP contribution < -0.4 is 5.56 Å². The highest BCUT2D eigenvalue weighted by atomic mass is 35.5. The number of hydrogen-bond acceptors (Lipinski definition) is 4. The molecule has 0 amide bonds. The number of pyridine rings is 1. The van der Waals surface area contributed by atoms with Crippen molar-refractivity contribution >= 4 is 22.5 Å². The second kappa shape index (κ2) is 7.06. The van der Waals surface area contributed by atoms with Gasteiger partial charge in [-0.25, -0.2) is 9.97 Å². The largest absolute Gasteiger partial charge is 0.310 e. The van der Waals surface area contributed by atoms with Crippen molar-refractivity contribution < 1.29 is 0 Å². The van der Waals surface area contributed by atoms with Crippen LogP contribution in [0.5, 0.6) is 0 Å². The number of aryl methyl sites for hydroxylation is 1. The Morgan fingerprint density at radius 3 is 2.89 bits per heavy atom. The zero-order valence-electron chi connectivity index (χ0n) is 15.8. The third kappa shape index (κ3) is 3.49. The molecular formula is C21H23ClN4O. The lowest BCUT2D eigenvalue weighted by Crippen LogP contribution is -2.36. The van der Waals surface area contributed by atoms with Crippen LogP contribution in [0, 0.1) is 6.92 Å². The molecule has 0 saturated carbocycles. The van der Waals surface area contributed by atoms with Gasteiger partial charge in [0, 0.05) is 42.9 Å². The number of halogens is 1. The van der Waals surface area contributed by atoms with Crippen molar-refractivity contribution in [3.05, 3.63) is 68.0 Å². The van der Waals surface area contributed by atoms with Gasteiger partial charge in [0.25, 0.3) is 5.56 Å². The summed E-state index contributed by atoms with van der Waals surface area (Å²) >= 11 is 6.46. The van der Waals surface area contributed by atoms with E-state index in [1.54, 1.807) is 0 Å². The zero-order valence-corrected chi connectivity index (χ0v) is 16.6. The molecule has 0 spiro atoms. The molecule has 3 aromatic rings. The van der Waals surface area contributed by atoms with Gasteiger partial charge in [0.15, 0.2) is 0 Å². The smallest absolute Gasteiger partial charge is 0.255 e. The fourth-order valence-corrected chi connectivity index (χ4v) is 3.83. The number of aromatic nitrogens is 3. The van der Waals surface area contributed by atoms with Crippen LogP contribution in [0.4, 0.5) is 0 Å². The van der Waals surface area contributed by atoms with Gasteiger partial charge in [-0.2, -0.15) is 0 Å². The van der Waals surface area contributed by atoms with Crippen LogP contribution in [0.1, 0.15) is 48.0 Å². The van der Waals surface area contributed by atoms with Gasteiger partial charge in [0.2, 0.25) is 0 Å². The van der Waals surface area contributed by atoms with E-state index in [2.05, 4.69) is 32.0 Å². The molecule has 4 rings (SSSR count). The van der Waals surface area contributed by atoms with E-state index in [1.807, 2.05) is 32.9 Å². The summed E-state index contributed by atoms with van der Waals surface area (Å²) in [5, 5.41) is 1.62. The van der Waals surface area contributed by atoms with Crippen LogP contribution >= 0.6 is 11.6 Å². The first-order chi connectivity index (χ1) is 12.9. The number of para-hydroxylation sites is 1. The zero-order chi connectivity index (χ0) is 19.1. The van der Waals surface area contributed by atoms with Gasteiger partial charge in [-0.3, -0.25) is 9.69 Å². The first-order valence-corrected chi connectivity index (χ1v) is 9.69. The molecule has 3 heterocycles. The van der Waals surface area contributed by atoms with Crippen LogP contribution in [-0.4, -0.2) is 26.4 Å². The van der Waals surface area contributed by atoms with Crippen molar-refractivity contribution in [1.29, 1.82) is 0 Å². The molecule has 1 N–H and O–H groups in total. The Morgan fingerprint density at radius 2 is 2.11 bits per heavy atom. The summed E-state index contributed by atoms with van der Waals surface area (Å²) in [6.07, 6.45) is 0.775. The highest BCUT2D eigenvalue weighted by molar-refractivity contribution is 6.30. The third-order valence-electron chi connectivity index (χ3n) is 5.18. The van der Waals surface area contributed by atoms with Crippen molar-refractivity contribution in [1.82, 2.24) is 19.9 Å². The normalized spacial score (nSPS) is 14.7. The summed E-state index contributed by atoms with van der Waals surface area (Å²) in [6.45, 7) is 8.21. The van der Waals surface area contributed by atoms with Crippen molar-refractivity contribution in [3.8, 4) is 0 Å². The molecule has 140 valence electrons. The molecule has 0 aliphatic carbocycles. The van der Waals surface area contributed by atoms with Crippen molar-refractivity contribution in [2.24, 2.45) is 0 Å². The highest BCUT2D eigenvalue weighted by Gasteiger charge is 2.22. The molecule has 0 unspecified atom stereocenters. The first kappa shape index (κ1) is 18.1. The monoisotopic (exact) mass is 382 g/mol. The van der Waals surface area contributed by atoms with Crippen LogP contribution in [0.3, 0.4) is 0 Å². The lowest BCUT2D eigenvalue weighted by molar-refractivity contribution is 0.241. The van der Waals surface area contributed by atoms with Crippen molar-refractivity contribution in [3.63, 3.8) is 0 Å². The minimum Gasteiger partial charge on any atom is -0.310 e. The predicted molar refractivity (Wildman–Crippen MR) is 108 cm³/mol. The number of aromatic amines is 1. The Bertz CT molecular complexity index is 1070. The van der Waals surface area contributed by atoms with Gasteiger partial charge in [0.05, 0.1) is 16.8 Å². The van der Waals surface area contributed by atoms with E-state index in [4.69, 9.17) is 11.6 Å². The van der Waals surface area contributed by atoms with Gasteiger partial charge in [0.1, 0.15) is 11.0 Å². The Hall–Kier alpha value is -2.24. The molecule has 0 radical (unpaired) electrons. The van der Waals surface area contributed by atoms with Crippen LogP contribution in [0.25, 0.3) is 10.9 Å². The van der Waals surface area contributed by atoms with Crippen LogP contribution in [0.2, 0.25) is 5.15 Å². The number of rotatable bonds is 3. The molecule has 0 fully saturated rings. The maximum atomic E-state index is 12.5. The predicted octanol–water partition coefficient (Wildman–Crippen LogP) is 3.96. The van der Waals surface area contributed by atoms with Gasteiger partial charge in [-0.15, -0.1) is 0 Å². The van der Waals surface area contributed by atoms with E-state index in [0.717, 1.165) is 52.1 Å². The maximum Gasteiger partial charge on any atom is 0.255 e. The molecule has 1 aromatic carbocycles. The van der Waals surface area contributed by atoms with Crippen molar-refractivity contribution in [2.45, 2.75) is 46.2 Å². The quantitative estimate of drug-likeness (QED) is 0.696. The Morgan fingerprint density at radius 1 is 1.30 bits per heavy atom. The summed E-state index contributed by atoms with van der Waals surface area (Å²) in [5.74, 6) is 0.983. The number of nitrogens with zero attached hydrogens (tertiary/aromatic N) is 3. The Labute approximate surface area is 163 Å². The molecular weight excluding hydrogens is 360 g/mol. The SMILES string of the molecule is Cc1cccc2cc(CN3CCc4nc(C(C)C)[nH]c(=O)c4C3)c(Cl)nc12. The van der Waals surface area contributed by atoms with Gasteiger partial charge < -0.3 is 4.98 Å². The maximum absolute atomic E-state index is 12.5. The number of H-pyrrole nitrogens is 1. The minimum absolute atomic E-state index is 0.0215. The fourth-order valence-electron chi connectivity index (χ4n) is 3.63. The minimum atomic E-state index is -0.0215. The third-order valence-corrected chi connectivity index (χ3v) is 5.51. The van der Waals surface area contributed by atoms with E-state index in [0.29, 0.717) is 18.2 Å². The lowest BCUT2D eigenvalue weighted by Gasteiger charge is -2.28. The topological polar surface area (TPSA) is 61.9 Å². The number of hydrogen-bond donors (Lipinski definition) is 1. The molecule has 1 aliphatic rings. The molecule has 0 atom stereocenters. The molecule has 5 nitrogen and oxygen atoms in total. The molecule has 0 bridgehead atoms. The molecule has 0 saturated heterocycles. The fraction of sp³-hybridized carbons (Fsp3) is 0.381. The van der Waals surface area contributed by atoms with Crippen LogP contribution in [-0.2, 0) is 19.5 Å². The van der Waals surface area contributed by atoms with E-state index in [-0.39, 0.29) is 11.5 Å². The second-order valence-electron chi connectivity index (χ2n) is 7.58. The van der Waals surface area contributed by atoms with E-state index in [9.17, 15) is 4.79 Å². The average Bonchev–Trinajstić information content (AvgIpc) is 2.63. The Kier molecular flexibility index (Phi) is 4.74. The van der Waals surface area contributed by atoms with E-state index < -0.39 is 0 Å².